The van der Waals surface area contributed by atoms with Gasteiger partial charge in [0.1, 0.15) is 43.5 Å². The van der Waals surface area contributed by atoms with Crippen molar-refractivity contribution < 1.29 is 14.7 Å². The Labute approximate surface area is 175 Å². The third-order valence-electron chi connectivity index (χ3n) is 5.90. The highest BCUT2D eigenvalue weighted by Gasteiger charge is 2.34. The quantitative estimate of drug-likeness (QED) is 0.760. The van der Waals surface area contributed by atoms with Crippen LogP contribution >= 0.6 is 11.3 Å². The average Bonchev–Trinajstić information content (AvgIpc) is 3.39. The Morgan fingerprint density at radius 3 is 2.79 bits per heavy atom. The molecule has 0 spiro atoms. The van der Waals surface area contributed by atoms with Gasteiger partial charge < -0.3 is 4.90 Å². The number of H-pyrrole nitrogens is 1. The zero-order valence-electron chi connectivity index (χ0n) is 17.0. The number of fused-ring (bicyclic) bond motifs is 1. The van der Waals surface area contributed by atoms with E-state index >= 15 is 0 Å². The minimum absolute atomic E-state index is 0.00676. The first kappa shape index (κ1) is 19.8. The lowest BCUT2D eigenvalue weighted by Crippen LogP contribution is -3.15. The average molecular weight is 413 g/mol. The van der Waals surface area contributed by atoms with Gasteiger partial charge in [-0.25, -0.2) is 14.9 Å². The van der Waals surface area contributed by atoms with Gasteiger partial charge in [-0.1, -0.05) is 13.8 Å². The number of anilines is 2. The molecule has 8 heteroatoms. The normalized spacial score (nSPS) is 16.7. The number of pyridine rings is 1. The molecular formula is C21H28N6OS+2. The SMILES string of the molecule is CC(C)c1[nH+]c(N2CC[NH+](CC(=O)Nc3nccs3)CC2)c(C#N)c2c1CCC2. The van der Waals surface area contributed by atoms with E-state index in [1.807, 2.05) is 5.38 Å². The number of aromatic nitrogens is 2. The molecule has 0 radical (unpaired) electrons. The zero-order valence-corrected chi connectivity index (χ0v) is 17.9. The van der Waals surface area contributed by atoms with Crippen molar-refractivity contribution in [3.05, 3.63) is 34.0 Å². The predicted octanol–water partition coefficient (Wildman–Crippen LogP) is 0.785. The van der Waals surface area contributed by atoms with E-state index in [1.54, 1.807) is 6.20 Å². The van der Waals surface area contributed by atoms with Crippen molar-refractivity contribution >= 4 is 28.2 Å². The topological polar surface area (TPSA) is 87.6 Å². The molecule has 1 saturated heterocycles. The molecule has 0 aromatic carbocycles. The van der Waals surface area contributed by atoms with Gasteiger partial charge in [-0.05, 0) is 30.4 Å². The number of nitrogens with zero attached hydrogens (tertiary/aromatic N) is 3. The van der Waals surface area contributed by atoms with Crippen molar-refractivity contribution in [3.8, 4) is 6.07 Å². The Balaban J connectivity index is 1.45. The van der Waals surface area contributed by atoms with E-state index in [1.165, 1.54) is 33.1 Å². The maximum absolute atomic E-state index is 12.3. The maximum Gasteiger partial charge on any atom is 0.293 e. The van der Waals surface area contributed by atoms with Gasteiger partial charge in [-0.2, -0.15) is 5.26 Å². The molecule has 1 aliphatic heterocycles. The van der Waals surface area contributed by atoms with Crippen LogP contribution in [0.15, 0.2) is 11.6 Å². The molecule has 2 aromatic rings. The van der Waals surface area contributed by atoms with Gasteiger partial charge in [-0.15, -0.1) is 11.3 Å². The molecule has 3 heterocycles. The van der Waals surface area contributed by atoms with Crippen LogP contribution in [0.5, 0.6) is 0 Å². The van der Waals surface area contributed by atoms with E-state index in [0.29, 0.717) is 17.6 Å². The molecule has 152 valence electrons. The van der Waals surface area contributed by atoms with E-state index in [-0.39, 0.29) is 5.91 Å². The van der Waals surface area contributed by atoms with Crippen molar-refractivity contribution in [2.45, 2.75) is 39.0 Å². The summed E-state index contributed by atoms with van der Waals surface area (Å²) in [5, 5.41) is 15.2. The lowest BCUT2D eigenvalue weighted by atomic mass is 9.97. The highest BCUT2D eigenvalue weighted by atomic mass is 32.1. The van der Waals surface area contributed by atoms with Gasteiger partial charge in [0.2, 0.25) is 0 Å². The second-order valence-corrected chi connectivity index (χ2v) is 9.03. The number of nitriles is 1. The van der Waals surface area contributed by atoms with Crippen LogP contribution in [0.1, 0.15) is 48.6 Å². The molecule has 3 N–H and O–H groups in total. The molecule has 0 saturated carbocycles. The molecule has 1 amide bonds. The minimum atomic E-state index is 0.00676. The van der Waals surface area contributed by atoms with E-state index in [9.17, 15) is 10.1 Å². The number of carbonyl (C=O) groups is 1. The van der Waals surface area contributed by atoms with Gasteiger partial charge in [0.25, 0.3) is 11.7 Å². The van der Waals surface area contributed by atoms with E-state index < -0.39 is 0 Å². The Hall–Kier alpha value is -2.50. The first-order valence-electron chi connectivity index (χ1n) is 10.4. The molecule has 0 unspecified atom stereocenters. The summed E-state index contributed by atoms with van der Waals surface area (Å²) < 4.78 is 0. The Morgan fingerprint density at radius 1 is 1.38 bits per heavy atom. The van der Waals surface area contributed by atoms with E-state index in [2.05, 4.69) is 40.1 Å². The highest BCUT2D eigenvalue weighted by molar-refractivity contribution is 7.13. The van der Waals surface area contributed by atoms with Crippen LogP contribution in [0.4, 0.5) is 10.9 Å². The fraction of sp³-hybridized carbons (Fsp3) is 0.524. The van der Waals surface area contributed by atoms with E-state index in [0.717, 1.165) is 56.8 Å². The third kappa shape index (κ3) is 4.11. The van der Waals surface area contributed by atoms with Crippen molar-refractivity contribution in [2.75, 3.05) is 42.9 Å². The molecule has 2 aliphatic rings. The molecule has 29 heavy (non-hydrogen) atoms. The van der Waals surface area contributed by atoms with Gasteiger partial charge in [0.15, 0.2) is 11.7 Å². The number of amides is 1. The lowest BCUT2D eigenvalue weighted by molar-refractivity contribution is -0.892. The van der Waals surface area contributed by atoms with Gasteiger partial charge >= 0.3 is 0 Å². The highest BCUT2D eigenvalue weighted by Crippen LogP contribution is 2.33. The van der Waals surface area contributed by atoms with Crippen molar-refractivity contribution in [3.63, 3.8) is 0 Å². The van der Waals surface area contributed by atoms with Gasteiger partial charge in [0.05, 0.1) is 0 Å². The summed E-state index contributed by atoms with van der Waals surface area (Å²) >= 11 is 1.43. The standard InChI is InChI=1S/C21H26N6OS/c1-14(2)19-16-5-3-4-15(16)17(12-22)20(25-19)27-9-7-26(8-10-27)13-18(28)24-21-23-6-11-29-21/h6,11,14H,3-5,7-10,13H2,1-2H3,(H,23,24,28)/p+2. The number of quaternary nitrogens is 1. The number of piperazine rings is 1. The number of hydrogen-bond donors (Lipinski definition) is 2. The Morgan fingerprint density at radius 2 is 2.14 bits per heavy atom. The van der Waals surface area contributed by atoms with Crippen LogP contribution in [-0.4, -0.2) is 43.6 Å². The fourth-order valence-electron chi connectivity index (χ4n) is 4.47. The van der Waals surface area contributed by atoms with Crippen LogP contribution in [-0.2, 0) is 17.6 Å². The monoisotopic (exact) mass is 412 g/mol. The fourth-order valence-corrected chi connectivity index (χ4v) is 5.02. The van der Waals surface area contributed by atoms with Crippen molar-refractivity contribution in [2.24, 2.45) is 0 Å². The second-order valence-electron chi connectivity index (χ2n) is 8.14. The number of rotatable bonds is 5. The molecule has 7 nitrogen and oxygen atoms in total. The molecule has 0 bridgehead atoms. The first-order valence-corrected chi connectivity index (χ1v) is 11.2. The molecule has 1 fully saturated rings. The summed E-state index contributed by atoms with van der Waals surface area (Å²) in [6.07, 6.45) is 4.90. The van der Waals surface area contributed by atoms with Crippen molar-refractivity contribution in [1.82, 2.24) is 4.98 Å². The number of hydrogen-bond acceptors (Lipinski definition) is 5. The molecule has 2 aromatic heterocycles. The van der Waals surface area contributed by atoms with Crippen LogP contribution in [0.25, 0.3) is 0 Å². The smallest absolute Gasteiger partial charge is 0.293 e. The van der Waals surface area contributed by atoms with E-state index in [4.69, 9.17) is 0 Å². The summed E-state index contributed by atoms with van der Waals surface area (Å²) in [5.74, 6) is 1.39. The van der Waals surface area contributed by atoms with Gasteiger partial charge in [0, 0.05) is 17.5 Å². The number of carbonyl (C=O) groups excluding carboxylic acids is 1. The summed E-state index contributed by atoms with van der Waals surface area (Å²) in [6.45, 7) is 8.29. The van der Waals surface area contributed by atoms with Crippen LogP contribution < -0.4 is 20.1 Å². The number of thiazole rings is 1. The number of nitrogens with one attached hydrogen (secondary N) is 3. The maximum atomic E-state index is 12.3. The van der Waals surface area contributed by atoms with Gasteiger partial charge in [-0.3, -0.25) is 10.1 Å². The zero-order chi connectivity index (χ0) is 20.4. The summed E-state index contributed by atoms with van der Waals surface area (Å²) in [4.78, 5) is 23.5. The number of aromatic amines is 1. The molecular weight excluding hydrogens is 384 g/mol. The molecule has 1 aliphatic carbocycles. The largest absolute Gasteiger partial charge is 0.321 e. The Bertz CT molecular complexity index is 926. The molecule has 0 atom stereocenters. The van der Waals surface area contributed by atoms with Crippen LogP contribution in [0.2, 0.25) is 0 Å². The molecule has 4 rings (SSSR count). The minimum Gasteiger partial charge on any atom is -0.321 e. The van der Waals surface area contributed by atoms with Crippen molar-refractivity contribution in [1.29, 1.82) is 5.26 Å². The predicted molar refractivity (Wildman–Crippen MR) is 112 cm³/mol. The first-order chi connectivity index (χ1) is 14.1. The van der Waals surface area contributed by atoms with Crippen LogP contribution in [0, 0.1) is 11.3 Å². The Kier molecular flexibility index (Phi) is 5.79. The summed E-state index contributed by atoms with van der Waals surface area (Å²) in [7, 11) is 0. The van der Waals surface area contributed by atoms with Crippen LogP contribution in [0.3, 0.4) is 0 Å². The lowest BCUT2D eigenvalue weighted by Gasteiger charge is -2.29. The summed E-state index contributed by atoms with van der Waals surface area (Å²) in [5.41, 5.74) is 4.72. The third-order valence-corrected chi connectivity index (χ3v) is 6.59. The summed E-state index contributed by atoms with van der Waals surface area (Å²) in [6, 6.07) is 2.48. The second kappa shape index (κ2) is 8.47.